The Morgan fingerprint density at radius 2 is 2.00 bits per heavy atom. The number of halogens is 1. The fourth-order valence-corrected chi connectivity index (χ4v) is 5.27. The second-order valence-corrected chi connectivity index (χ2v) is 8.72. The summed E-state index contributed by atoms with van der Waals surface area (Å²) in [4.78, 5) is 28.8. The van der Waals surface area contributed by atoms with Crippen molar-refractivity contribution in [3.63, 3.8) is 0 Å². The highest BCUT2D eigenvalue weighted by molar-refractivity contribution is 9.10. The molecule has 7 heteroatoms. The zero-order valence-corrected chi connectivity index (χ0v) is 18.9. The Labute approximate surface area is 179 Å². The third-order valence-corrected chi connectivity index (χ3v) is 6.82. The number of nitrogens with zero attached hydrogens (tertiary/aromatic N) is 3. The fourth-order valence-electron chi connectivity index (χ4n) is 4.71. The molecule has 0 saturated heterocycles. The lowest BCUT2D eigenvalue weighted by Gasteiger charge is -2.40. The van der Waals surface area contributed by atoms with E-state index < -0.39 is 0 Å². The molecule has 0 saturated carbocycles. The first-order chi connectivity index (χ1) is 13.8. The number of hydrogen-bond acceptors (Lipinski definition) is 3. The number of carbonyl (C=O) groups is 2. The SMILES string of the molecule is CCN(CC)C(=O)N[C@H]1C=C2c3c(Br)ccc4c3c(cn4C(C)=O)C[C@H]2N(C)C1. The summed E-state index contributed by atoms with van der Waals surface area (Å²) in [5.74, 6) is 0.0195. The number of fused-ring (bicyclic) bond motifs is 2. The number of amides is 2. The van der Waals surface area contributed by atoms with Gasteiger partial charge in [-0.15, -0.1) is 0 Å². The summed E-state index contributed by atoms with van der Waals surface area (Å²) in [6.45, 7) is 7.72. The van der Waals surface area contributed by atoms with Gasteiger partial charge in [0.1, 0.15) is 0 Å². The highest BCUT2D eigenvalue weighted by atomic mass is 79.9. The minimum Gasteiger partial charge on any atom is -0.330 e. The molecule has 6 nitrogen and oxygen atoms in total. The van der Waals surface area contributed by atoms with Crippen molar-refractivity contribution in [2.24, 2.45) is 0 Å². The minimum absolute atomic E-state index is 0.0195. The quantitative estimate of drug-likeness (QED) is 0.761. The maximum Gasteiger partial charge on any atom is 0.317 e. The van der Waals surface area contributed by atoms with Crippen molar-refractivity contribution in [3.05, 3.63) is 40.0 Å². The van der Waals surface area contributed by atoms with Crippen molar-refractivity contribution < 1.29 is 9.59 Å². The summed E-state index contributed by atoms with van der Waals surface area (Å²) in [6.07, 6.45) is 5.06. The minimum atomic E-state index is -0.0575. The Morgan fingerprint density at radius 3 is 2.66 bits per heavy atom. The van der Waals surface area contributed by atoms with Gasteiger partial charge in [0.15, 0.2) is 0 Å². The van der Waals surface area contributed by atoms with Gasteiger partial charge in [0, 0.05) is 54.2 Å². The van der Waals surface area contributed by atoms with Crippen molar-refractivity contribution in [1.82, 2.24) is 19.7 Å². The number of benzene rings is 1. The van der Waals surface area contributed by atoms with Crippen LogP contribution in [-0.4, -0.2) is 65.1 Å². The Bertz CT molecular complexity index is 1020. The van der Waals surface area contributed by atoms with Gasteiger partial charge in [-0.3, -0.25) is 14.3 Å². The van der Waals surface area contributed by atoms with Gasteiger partial charge in [0.2, 0.25) is 5.91 Å². The zero-order chi connectivity index (χ0) is 20.9. The predicted octanol–water partition coefficient (Wildman–Crippen LogP) is 3.74. The van der Waals surface area contributed by atoms with E-state index in [9.17, 15) is 9.59 Å². The number of nitrogens with one attached hydrogen (secondary N) is 1. The third-order valence-electron chi connectivity index (χ3n) is 6.16. The van der Waals surface area contributed by atoms with Crippen LogP contribution in [0, 0.1) is 0 Å². The molecule has 2 aliphatic rings. The van der Waals surface area contributed by atoms with E-state index in [2.05, 4.69) is 39.3 Å². The van der Waals surface area contributed by atoms with E-state index in [0.29, 0.717) is 13.1 Å². The lowest BCUT2D eigenvalue weighted by molar-refractivity contribution is 0.0941. The zero-order valence-electron chi connectivity index (χ0n) is 17.3. The van der Waals surface area contributed by atoms with Crippen LogP contribution in [0.3, 0.4) is 0 Å². The van der Waals surface area contributed by atoms with Crippen molar-refractivity contribution in [2.75, 3.05) is 26.7 Å². The molecule has 2 amide bonds. The molecule has 0 fully saturated rings. The summed E-state index contributed by atoms with van der Waals surface area (Å²) >= 11 is 3.74. The van der Waals surface area contributed by atoms with Crippen molar-refractivity contribution >= 4 is 44.3 Å². The Balaban J connectivity index is 1.80. The standard InChI is InChI=1S/C22H27BrN4O2/c1-5-26(6-2)22(29)24-15-10-16-19(25(4)12-15)9-14-11-27(13(3)28)18-8-7-17(23)21(16)20(14)18/h7-8,10-11,15,19H,5-6,9,12H2,1-4H3,(H,24,29)/t15-,19+/m0/s1. The van der Waals surface area contributed by atoms with Gasteiger partial charge >= 0.3 is 6.03 Å². The molecule has 154 valence electrons. The van der Waals surface area contributed by atoms with Crippen LogP contribution in [0.1, 0.15) is 36.7 Å². The van der Waals surface area contributed by atoms with Crippen LogP contribution in [0.5, 0.6) is 0 Å². The highest BCUT2D eigenvalue weighted by Gasteiger charge is 2.36. The normalized spacial score (nSPS) is 20.9. The number of rotatable bonds is 3. The fraction of sp³-hybridized carbons (Fsp3) is 0.455. The first kappa shape index (κ1) is 20.2. The lowest BCUT2D eigenvalue weighted by atomic mass is 9.81. The number of urea groups is 1. The van der Waals surface area contributed by atoms with Crippen LogP contribution < -0.4 is 5.32 Å². The highest BCUT2D eigenvalue weighted by Crippen LogP contribution is 2.44. The Hall–Kier alpha value is -2.12. The van der Waals surface area contributed by atoms with Crippen LogP contribution in [0.4, 0.5) is 4.79 Å². The van der Waals surface area contributed by atoms with E-state index >= 15 is 0 Å². The summed E-state index contributed by atoms with van der Waals surface area (Å²) in [5.41, 5.74) is 4.50. The van der Waals surface area contributed by atoms with Crippen LogP contribution >= 0.6 is 15.9 Å². The average Bonchev–Trinajstić information content (AvgIpc) is 3.05. The van der Waals surface area contributed by atoms with Crippen LogP contribution in [-0.2, 0) is 6.42 Å². The van der Waals surface area contributed by atoms with E-state index in [-0.39, 0.29) is 24.0 Å². The van der Waals surface area contributed by atoms with Gasteiger partial charge in [-0.2, -0.15) is 0 Å². The number of likely N-dealkylation sites (N-methyl/N-ethyl adjacent to an activating group) is 1. The van der Waals surface area contributed by atoms with Crippen molar-refractivity contribution in [1.29, 1.82) is 0 Å². The Morgan fingerprint density at radius 1 is 1.28 bits per heavy atom. The molecule has 1 N–H and O–H groups in total. The van der Waals surface area contributed by atoms with Gasteiger partial charge < -0.3 is 10.2 Å². The topological polar surface area (TPSA) is 57.6 Å². The van der Waals surface area contributed by atoms with Crippen LogP contribution in [0.2, 0.25) is 0 Å². The number of hydrogen-bond donors (Lipinski definition) is 1. The van der Waals surface area contributed by atoms with E-state index in [0.717, 1.165) is 33.9 Å². The van der Waals surface area contributed by atoms with Gasteiger partial charge in [0.05, 0.1) is 11.6 Å². The molecule has 2 aromatic rings. The Kier molecular flexibility index (Phi) is 5.29. The smallest absolute Gasteiger partial charge is 0.317 e. The van der Waals surface area contributed by atoms with Crippen molar-refractivity contribution in [2.45, 2.75) is 39.3 Å². The molecule has 2 atom stereocenters. The van der Waals surface area contributed by atoms with Gasteiger partial charge in [-0.25, -0.2) is 4.79 Å². The predicted molar refractivity (Wildman–Crippen MR) is 119 cm³/mol. The van der Waals surface area contributed by atoms with E-state index in [1.54, 1.807) is 16.4 Å². The maximum atomic E-state index is 12.6. The molecule has 0 spiro atoms. The molecule has 0 radical (unpaired) electrons. The number of carbonyl (C=O) groups excluding carboxylic acids is 2. The molecule has 1 aliphatic carbocycles. The second-order valence-electron chi connectivity index (χ2n) is 7.87. The molecule has 29 heavy (non-hydrogen) atoms. The molecule has 0 unspecified atom stereocenters. The summed E-state index contributed by atoms with van der Waals surface area (Å²) < 4.78 is 2.77. The average molecular weight is 459 g/mol. The van der Waals surface area contributed by atoms with Crippen molar-refractivity contribution in [3.8, 4) is 0 Å². The first-order valence-corrected chi connectivity index (χ1v) is 11.0. The molecule has 1 aromatic carbocycles. The largest absolute Gasteiger partial charge is 0.330 e. The third kappa shape index (κ3) is 3.30. The molecule has 4 rings (SSSR count). The van der Waals surface area contributed by atoms with E-state index in [1.165, 1.54) is 11.1 Å². The molecular weight excluding hydrogens is 432 g/mol. The molecule has 1 aromatic heterocycles. The summed E-state index contributed by atoms with van der Waals surface area (Å²) in [6, 6.07) is 4.16. The summed E-state index contributed by atoms with van der Waals surface area (Å²) in [5, 5.41) is 4.32. The van der Waals surface area contributed by atoms with E-state index in [4.69, 9.17) is 0 Å². The summed E-state index contributed by atoms with van der Waals surface area (Å²) in [7, 11) is 2.11. The molecule has 1 aliphatic heterocycles. The van der Waals surface area contributed by atoms with Crippen LogP contribution in [0.15, 0.2) is 28.9 Å². The first-order valence-electron chi connectivity index (χ1n) is 10.2. The molecular formula is C22H27BrN4O2. The van der Waals surface area contributed by atoms with Gasteiger partial charge in [-0.05, 0) is 50.6 Å². The van der Waals surface area contributed by atoms with Gasteiger partial charge in [-0.1, -0.05) is 22.0 Å². The van der Waals surface area contributed by atoms with E-state index in [1.807, 2.05) is 32.2 Å². The molecule has 0 bridgehead atoms. The lowest BCUT2D eigenvalue weighted by Crippen LogP contribution is -2.52. The molecule has 2 heterocycles. The maximum absolute atomic E-state index is 12.6. The van der Waals surface area contributed by atoms with Gasteiger partial charge in [0.25, 0.3) is 0 Å². The monoisotopic (exact) mass is 458 g/mol. The second kappa shape index (κ2) is 7.61. The van der Waals surface area contributed by atoms with Crippen LogP contribution in [0.25, 0.3) is 16.5 Å². The number of aromatic nitrogens is 1.